The predicted octanol–water partition coefficient (Wildman–Crippen LogP) is 5.67. The molecule has 0 N–H and O–H groups in total. The lowest BCUT2D eigenvalue weighted by atomic mass is 10.1. The highest BCUT2D eigenvalue weighted by Crippen LogP contribution is 2.33. The zero-order valence-corrected chi connectivity index (χ0v) is 12.4. The Labute approximate surface area is 131 Å². The van der Waals surface area contributed by atoms with Gasteiger partial charge in [0.05, 0.1) is 5.75 Å². The lowest BCUT2D eigenvalue weighted by molar-refractivity contribution is -0.105. The summed E-state index contributed by atoms with van der Waals surface area (Å²) in [6.45, 7) is 0. The van der Waals surface area contributed by atoms with Crippen LogP contribution in [0.5, 0.6) is 0 Å². The maximum atomic E-state index is 12.5. The lowest BCUT2D eigenvalue weighted by Crippen LogP contribution is -2.10. The maximum Gasteiger partial charge on any atom is 0.398 e. The summed E-state index contributed by atoms with van der Waals surface area (Å²) in [4.78, 5) is 0.336. The highest BCUT2D eigenvalue weighted by Gasteiger charge is 2.27. The highest BCUT2D eigenvalue weighted by atomic mass is 35.5. The van der Waals surface area contributed by atoms with Gasteiger partial charge in [0, 0.05) is 22.4 Å². The molecule has 120 valence electrons. The number of alkyl halides is 6. The van der Waals surface area contributed by atoms with E-state index >= 15 is 0 Å². The molecule has 1 heterocycles. The molecule has 0 fully saturated rings. The molecule has 1 aromatic carbocycles. The van der Waals surface area contributed by atoms with Crippen molar-refractivity contribution in [3.63, 3.8) is 0 Å². The van der Waals surface area contributed by atoms with E-state index in [4.69, 9.17) is 11.6 Å². The van der Waals surface area contributed by atoms with Crippen molar-refractivity contribution < 1.29 is 26.5 Å². The van der Waals surface area contributed by atoms with Crippen LogP contribution in [0, 0.1) is 0 Å². The molecule has 9 heteroatoms. The van der Waals surface area contributed by atoms with Crippen molar-refractivity contribution in [1.82, 2.24) is 5.16 Å². The van der Waals surface area contributed by atoms with Crippen LogP contribution in [0.15, 0.2) is 33.7 Å². The SMILES string of the molecule is FC(F)c1cc(-c2cc(SCC(F)(F)F)ccc2CCl)no1. The van der Waals surface area contributed by atoms with Gasteiger partial charge in [-0.3, -0.25) is 0 Å². The quantitative estimate of drug-likeness (QED) is 0.391. The molecule has 2 aromatic rings. The summed E-state index contributed by atoms with van der Waals surface area (Å²) in [7, 11) is 0. The first-order valence-electron chi connectivity index (χ1n) is 5.93. The van der Waals surface area contributed by atoms with Crippen molar-refractivity contribution in [2.75, 3.05) is 5.75 Å². The van der Waals surface area contributed by atoms with Gasteiger partial charge in [0.25, 0.3) is 6.43 Å². The first kappa shape index (κ1) is 17.1. The van der Waals surface area contributed by atoms with Crippen LogP contribution < -0.4 is 0 Å². The molecule has 0 amide bonds. The van der Waals surface area contributed by atoms with Gasteiger partial charge in [-0.15, -0.1) is 23.4 Å². The molecule has 0 radical (unpaired) electrons. The topological polar surface area (TPSA) is 26.0 Å². The van der Waals surface area contributed by atoms with E-state index in [1.165, 1.54) is 18.2 Å². The van der Waals surface area contributed by atoms with Gasteiger partial charge in [0.2, 0.25) is 5.76 Å². The third kappa shape index (κ3) is 4.36. The Morgan fingerprint density at radius 1 is 1.23 bits per heavy atom. The largest absolute Gasteiger partial charge is 0.398 e. The molecule has 0 aliphatic rings. The van der Waals surface area contributed by atoms with Crippen LogP contribution in [0.4, 0.5) is 22.0 Å². The zero-order valence-electron chi connectivity index (χ0n) is 10.8. The summed E-state index contributed by atoms with van der Waals surface area (Å²) in [6.07, 6.45) is -7.12. The van der Waals surface area contributed by atoms with E-state index in [0.29, 0.717) is 27.8 Å². The van der Waals surface area contributed by atoms with Crippen molar-refractivity contribution in [3.05, 3.63) is 35.6 Å². The molecule has 0 bridgehead atoms. The number of hydrogen-bond donors (Lipinski definition) is 0. The fourth-order valence-corrected chi connectivity index (χ4v) is 2.61. The van der Waals surface area contributed by atoms with Crippen molar-refractivity contribution in [2.24, 2.45) is 0 Å². The van der Waals surface area contributed by atoms with E-state index in [9.17, 15) is 22.0 Å². The number of benzene rings is 1. The standard InChI is InChI=1S/C13H9ClF5NOS/c14-5-7-1-2-8(22-6-13(17,18)19)3-9(7)10-4-11(12(15)16)21-20-10/h1-4,12H,5-6H2. The van der Waals surface area contributed by atoms with Gasteiger partial charge in [-0.05, 0) is 17.7 Å². The van der Waals surface area contributed by atoms with Gasteiger partial charge in [0.15, 0.2) is 0 Å². The van der Waals surface area contributed by atoms with Crippen molar-refractivity contribution in [1.29, 1.82) is 0 Å². The molecule has 0 aliphatic heterocycles. The second-order valence-electron chi connectivity index (χ2n) is 4.27. The van der Waals surface area contributed by atoms with Gasteiger partial charge in [-0.2, -0.15) is 13.2 Å². The van der Waals surface area contributed by atoms with Gasteiger partial charge < -0.3 is 4.52 Å². The second-order valence-corrected chi connectivity index (χ2v) is 5.59. The van der Waals surface area contributed by atoms with Crippen LogP contribution in [0.3, 0.4) is 0 Å². The average molecular weight is 358 g/mol. The summed E-state index contributed by atoms with van der Waals surface area (Å²) in [5.74, 6) is -1.59. The Hall–Kier alpha value is -1.28. The van der Waals surface area contributed by atoms with Crippen molar-refractivity contribution in [3.8, 4) is 11.3 Å². The highest BCUT2D eigenvalue weighted by molar-refractivity contribution is 7.99. The van der Waals surface area contributed by atoms with Crippen LogP contribution in [0.2, 0.25) is 0 Å². The summed E-state index contributed by atoms with van der Waals surface area (Å²) < 4.78 is 66.3. The van der Waals surface area contributed by atoms with Crippen LogP contribution in [0.1, 0.15) is 17.7 Å². The Bertz CT molecular complexity index is 644. The van der Waals surface area contributed by atoms with Gasteiger partial charge in [0.1, 0.15) is 5.69 Å². The third-order valence-corrected chi connectivity index (χ3v) is 3.99. The molecule has 0 saturated carbocycles. The molecule has 0 atom stereocenters. The molecule has 0 saturated heterocycles. The first-order chi connectivity index (χ1) is 10.3. The Kier molecular flexibility index (Phi) is 5.33. The predicted molar refractivity (Wildman–Crippen MR) is 73.2 cm³/mol. The van der Waals surface area contributed by atoms with E-state index in [1.54, 1.807) is 0 Å². The Balaban J connectivity index is 2.31. The minimum atomic E-state index is -4.30. The maximum absolute atomic E-state index is 12.5. The monoisotopic (exact) mass is 357 g/mol. The van der Waals surface area contributed by atoms with E-state index in [2.05, 4.69) is 9.68 Å². The molecule has 1 aromatic heterocycles. The normalized spacial score (nSPS) is 12.1. The Morgan fingerprint density at radius 2 is 1.95 bits per heavy atom. The van der Waals surface area contributed by atoms with E-state index in [-0.39, 0.29) is 11.6 Å². The fourth-order valence-electron chi connectivity index (χ4n) is 1.68. The lowest BCUT2D eigenvalue weighted by Gasteiger charge is -2.09. The average Bonchev–Trinajstić information content (AvgIpc) is 2.94. The number of thioether (sulfide) groups is 1. The van der Waals surface area contributed by atoms with Gasteiger partial charge in [-0.1, -0.05) is 11.2 Å². The summed E-state index contributed by atoms with van der Waals surface area (Å²) in [5.41, 5.74) is 1.05. The van der Waals surface area contributed by atoms with Crippen LogP contribution in [0.25, 0.3) is 11.3 Å². The van der Waals surface area contributed by atoms with E-state index in [1.807, 2.05) is 0 Å². The molecule has 2 rings (SSSR count). The number of nitrogens with zero attached hydrogens (tertiary/aromatic N) is 1. The number of hydrogen-bond acceptors (Lipinski definition) is 3. The second kappa shape index (κ2) is 6.87. The molecular formula is C13H9ClF5NOS. The van der Waals surface area contributed by atoms with Crippen molar-refractivity contribution >= 4 is 23.4 Å². The van der Waals surface area contributed by atoms with Crippen LogP contribution >= 0.6 is 23.4 Å². The van der Waals surface area contributed by atoms with Gasteiger partial charge >= 0.3 is 6.18 Å². The Morgan fingerprint density at radius 3 is 2.50 bits per heavy atom. The summed E-state index contributed by atoms with van der Waals surface area (Å²) in [6, 6.07) is 5.51. The summed E-state index contributed by atoms with van der Waals surface area (Å²) in [5, 5.41) is 3.52. The minimum Gasteiger partial charge on any atom is -0.355 e. The van der Waals surface area contributed by atoms with E-state index in [0.717, 1.165) is 6.07 Å². The molecular weight excluding hydrogens is 349 g/mol. The number of aromatic nitrogens is 1. The van der Waals surface area contributed by atoms with Gasteiger partial charge in [-0.25, -0.2) is 8.78 Å². The smallest absolute Gasteiger partial charge is 0.355 e. The summed E-state index contributed by atoms with van der Waals surface area (Å²) >= 11 is 6.35. The van der Waals surface area contributed by atoms with E-state index < -0.39 is 24.1 Å². The molecule has 0 spiro atoms. The zero-order chi connectivity index (χ0) is 16.3. The molecule has 0 aliphatic carbocycles. The number of halogens is 6. The minimum absolute atomic E-state index is 0.0659. The molecule has 0 unspecified atom stereocenters. The van der Waals surface area contributed by atoms with Crippen molar-refractivity contribution in [2.45, 2.75) is 23.4 Å². The molecule has 2 nitrogen and oxygen atoms in total. The van der Waals surface area contributed by atoms with Crippen LogP contribution in [-0.4, -0.2) is 17.1 Å². The number of rotatable bonds is 5. The van der Waals surface area contributed by atoms with Crippen LogP contribution in [-0.2, 0) is 5.88 Å². The molecule has 22 heavy (non-hydrogen) atoms. The fraction of sp³-hybridized carbons (Fsp3) is 0.308. The third-order valence-electron chi connectivity index (χ3n) is 2.65. The first-order valence-corrected chi connectivity index (χ1v) is 7.46.